The molecule has 28 heavy (non-hydrogen) atoms. The van der Waals surface area contributed by atoms with Gasteiger partial charge in [0.1, 0.15) is 17.2 Å². The lowest BCUT2D eigenvalue weighted by atomic mass is 10.1. The molecular weight excluding hydrogens is 356 g/mol. The average molecular weight is 372 g/mol. The maximum absolute atomic E-state index is 11.1. The van der Waals surface area contributed by atoms with E-state index >= 15 is 0 Å². The molecule has 0 saturated heterocycles. The van der Waals surface area contributed by atoms with Crippen LogP contribution in [0.15, 0.2) is 78.9 Å². The predicted molar refractivity (Wildman–Crippen MR) is 107 cm³/mol. The summed E-state index contributed by atoms with van der Waals surface area (Å²) in [5.74, 6) is 1.48. The molecule has 1 aromatic heterocycles. The van der Waals surface area contributed by atoms with Crippen LogP contribution < -0.4 is 15.2 Å². The summed E-state index contributed by atoms with van der Waals surface area (Å²) in [5.41, 5.74) is 8.13. The van der Waals surface area contributed by atoms with Crippen LogP contribution in [0.25, 0.3) is 22.2 Å². The highest BCUT2D eigenvalue weighted by molar-refractivity contribution is 5.97. The van der Waals surface area contributed by atoms with Gasteiger partial charge in [-0.3, -0.25) is 0 Å². The van der Waals surface area contributed by atoms with Gasteiger partial charge in [0.2, 0.25) is 0 Å². The van der Waals surface area contributed by atoms with Crippen LogP contribution in [0, 0.1) is 0 Å². The first-order valence-electron chi connectivity index (χ1n) is 8.54. The monoisotopic (exact) mass is 372 g/mol. The molecule has 4 aromatic rings. The van der Waals surface area contributed by atoms with E-state index in [-0.39, 0.29) is 11.4 Å². The maximum Gasteiger partial charge on any atom is 0.511 e. The van der Waals surface area contributed by atoms with Crippen molar-refractivity contribution in [3.63, 3.8) is 0 Å². The molecule has 0 amide bonds. The van der Waals surface area contributed by atoms with Crippen molar-refractivity contribution in [3.05, 3.63) is 78.9 Å². The number of carboxylic acid groups (broad SMARTS) is 1. The maximum atomic E-state index is 11.1. The number of hydrogen-bond donors (Lipinski definition) is 2. The SMILES string of the molecule is Nc1c(-c2ccc(Oc3ccccc3)cc2)nc2ccccc2c1OC(=O)O. The molecule has 0 aliphatic carbocycles. The van der Waals surface area contributed by atoms with Crippen molar-refractivity contribution in [1.29, 1.82) is 0 Å². The third-order valence-corrected chi connectivity index (χ3v) is 4.18. The summed E-state index contributed by atoms with van der Waals surface area (Å²) in [6, 6.07) is 23.8. The number of nitrogens with two attached hydrogens (primary N) is 1. The molecular formula is C22H16N2O4. The van der Waals surface area contributed by atoms with E-state index < -0.39 is 6.16 Å². The number of benzene rings is 3. The van der Waals surface area contributed by atoms with Gasteiger partial charge in [0.15, 0.2) is 5.75 Å². The van der Waals surface area contributed by atoms with Crippen LogP contribution in [-0.2, 0) is 0 Å². The van der Waals surface area contributed by atoms with Gasteiger partial charge in [-0.25, -0.2) is 9.78 Å². The number of nitrogen functional groups attached to an aromatic ring is 1. The van der Waals surface area contributed by atoms with Crippen LogP contribution >= 0.6 is 0 Å². The van der Waals surface area contributed by atoms with Crippen LogP contribution in [0.1, 0.15) is 0 Å². The number of hydrogen-bond acceptors (Lipinski definition) is 5. The van der Waals surface area contributed by atoms with Crippen LogP contribution in [0.2, 0.25) is 0 Å². The minimum atomic E-state index is -1.43. The van der Waals surface area contributed by atoms with Crippen LogP contribution in [-0.4, -0.2) is 16.2 Å². The summed E-state index contributed by atoms with van der Waals surface area (Å²) in [6.45, 7) is 0. The van der Waals surface area contributed by atoms with E-state index in [1.807, 2.05) is 48.5 Å². The Labute approximate surface area is 160 Å². The largest absolute Gasteiger partial charge is 0.511 e. The van der Waals surface area contributed by atoms with Gasteiger partial charge in [-0.2, -0.15) is 0 Å². The van der Waals surface area contributed by atoms with Crippen molar-refractivity contribution in [1.82, 2.24) is 4.98 Å². The summed E-state index contributed by atoms with van der Waals surface area (Å²) in [6.07, 6.45) is -1.43. The van der Waals surface area contributed by atoms with Gasteiger partial charge in [0.05, 0.1) is 11.2 Å². The van der Waals surface area contributed by atoms with Gasteiger partial charge in [-0.1, -0.05) is 30.3 Å². The van der Waals surface area contributed by atoms with E-state index in [2.05, 4.69) is 4.98 Å². The summed E-state index contributed by atoms with van der Waals surface area (Å²) in [4.78, 5) is 15.7. The standard InChI is InChI=1S/C22H16N2O4/c23-19-20(24-18-9-5-4-8-17(18)21(19)28-22(25)26)14-10-12-16(13-11-14)27-15-6-2-1-3-7-15/h1-13H,23H2,(H,25,26). The molecule has 6 heteroatoms. The zero-order valence-electron chi connectivity index (χ0n) is 14.7. The summed E-state index contributed by atoms with van der Waals surface area (Å²) in [5, 5.41) is 9.61. The highest BCUT2D eigenvalue weighted by Crippen LogP contribution is 2.38. The first-order chi connectivity index (χ1) is 13.6. The Balaban J connectivity index is 1.74. The second-order valence-electron chi connectivity index (χ2n) is 6.03. The summed E-state index contributed by atoms with van der Waals surface area (Å²) >= 11 is 0. The van der Waals surface area contributed by atoms with Gasteiger partial charge in [0, 0.05) is 10.9 Å². The number of anilines is 1. The molecule has 1 heterocycles. The van der Waals surface area contributed by atoms with E-state index in [0.717, 1.165) is 11.3 Å². The first kappa shape index (κ1) is 17.4. The lowest BCUT2D eigenvalue weighted by molar-refractivity contribution is 0.145. The number of carbonyl (C=O) groups is 1. The van der Waals surface area contributed by atoms with Crippen molar-refractivity contribution < 1.29 is 19.4 Å². The fourth-order valence-corrected chi connectivity index (χ4v) is 2.92. The number of pyridine rings is 1. The van der Waals surface area contributed by atoms with E-state index in [4.69, 9.17) is 20.3 Å². The smallest absolute Gasteiger partial charge is 0.457 e. The third-order valence-electron chi connectivity index (χ3n) is 4.18. The normalized spacial score (nSPS) is 10.6. The lowest BCUT2D eigenvalue weighted by Crippen LogP contribution is -2.07. The Morgan fingerprint density at radius 1 is 0.857 bits per heavy atom. The van der Waals surface area contributed by atoms with Crippen LogP contribution in [0.3, 0.4) is 0 Å². The number of fused-ring (bicyclic) bond motifs is 1. The fraction of sp³-hybridized carbons (Fsp3) is 0. The topological polar surface area (TPSA) is 94.7 Å². The minimum Gasteiger partial charge on any atom is -0.457 e. The Bertz CT molecular complexity index is 1140. The third kappa shape index (κ3) is 3.43. The molecule has 4 rings (SSSR count). The zero-order valence-corrected chi connectivity index (χ0v) is 14.7. The average Bonchev–Trinajstić information content (AvgIpc) is 2.71. The fourth-order valence-electron chi connectivity index (χ4n) is 2.92. The predicted octanol–water partition coefficient (Wildman–Crippen LogP) is 5.33. The molecule has 3 N–H and O–H groups in total. The Morgan fingerprint density at radius 2 is 1.50 bits per heavy atom. The highest BCUT2D eigenvalue weighted by atomic mass is 16.7. The first-order valence-corrected chi connectivity index (χ1v) is 8.54. The van der Waals surface area contributed by atoms with Crippen molar-refractivity contribution in [2.75, 3.05) is 5.73 Å². The Morgan fingerprint density at radius 3 is 2.21 bits per heavy atom. The molecule has 0 radical (unpaired) electrons. The van der Waals surface area contributed by atoms with Crippen molar-refractivity contribution in [2.24, 2.45) is 0 Å². The molecule has 0 aliphatic rings. The van der Waals surface area contributed by atoms with E-state index in [1.165, 1.54) is 0 Å². The van der Waals surface area contributed by atoms with E-state index in [1.54, 1.807) is 30.3 Å². The van der Waals surface area contributed by atoms with Gasteiger partial charge >= 0.3 is 6.16 Å². The van der Waals surface area contributed by atoms with Gasteiger partial charge in [0.25, 0.3) is 0 Å². The molecule has 0 fully saturated rings. The highest BCUT2D eigenvalue weighted by Gasteiger charge is 2.17. The van der Waals surface area contributed by atoms with Gasteiger partial charge in [-0.15, -0.1) is 0 Å². The molecule has 0 aliphatic heterocycles. The summed E-state index contributed by atoms with van der Waals surface area (Å²) in [7, 11) is 0. The van der Waals surface area contributed by atoms with E-state index in [0.29, 0.717) is 22.3 Å². The van der Waals surface area contributed by atoms with Crippen molar-refractivity contribution >= 4 is 22.7 Å². The van der Waals surface area contributed by atoms with Crippen LogP contribution in [0.5, 0.6) is 17.2 Å². The molecule has 0 saturated carbocycles. The molecule has 0 spiro atoms. The Hall–Kier alpha value is -4.06. The second-order valence-corrected chi connectivity index (χ2v) is 6.03. The number of ether oxygens (including phenoxy) is 2. The van der Waals surface area contributed by atoms with Crippen molar-refractivity contribution in [3.8, 4) is 28.5 Å². The number of para-hydroxylation sites is 2. The quantitative estimate of drug-likeness (QED) is 0.470. The number of aromatic nitrogens is 1. The van der Waals surface area contributed by atoms with Crippen LogP contribution in [0.4, 0.5) is 10.5 Å². The Kier molecular flexibility index (Phi) is 4.51. The molecule has 138 valence electrons. The van der Waals surface area contributed by atoms with Crippen molar-refractivity contribution in [2.45, 2.75) is 0 Å². The summed E-state index contributed by atoms with van der Waals surface area (Å²) < 4.78 is 10.7. The molecule has 0 bridgehead atoms. The van der Waals surface area contributed by atoms with E-state index in [9.17, 15) is 4.79 Å². The van der Waals surface area contributed by atoms with Gasteiger partial charge in [-0.05, 0) is 48.5 Å². The molecule has 0 atom stereocenters. The lowest BCUT2D eigenvalue weighted by Gasteiger charge is -2.13. The number of rotatable bonds is 4. The zero-order chi connectivity index (χ0) is 19.5. The molecule has 3 aromatic carbocycles. The minimum absolute atomic E-state index is 0.0812. The number of nitrogens with zero attached hydrogens (tertiary/aromatic N) is 1. The molecule has 6 nitrogen and oxygen atoms in total. The second kappa shape index (κ2) is 7.28. The molecule has 0 unspecified atom stereocenters. The van der Waals surface area contributed by atoms with Gasteiger partial charge < -0.3 is 20.3 Å².